The van der Waals surface area contributed by atoms with Crippen LogP contribution in [0.25, 0.3) is 10.9 Å². The van der Waals surface area contributed by atoms with Gasteiger partial charge in [-0.1, -0.05) is 18.2 Å². The average Bonchev–Trinajstić information content (AvgIpc) is 2.70. The van der Waals surface area contributed by atoms with Crippen molar-refractivity contribution < 1.29 is 4.79 Å². The molecular weight excluding hydrogens is 226 g/mol. The third-order valence-corrected chi connectivity index (χ3v) is 2.81. The maximum atomic E-state index is 12.0. The monoisotopic (exact) mass is 245 g/mol. The zero-order valence-electron chi connectivity index (χ0n) is 11.0. The molecule has 0 saturated heterocycles. The molecular formula is C14H19N3O. The molecule has 0 unspecified atom stereocenters. The topological polar surface area (TPSA) is 70.9 Å². The summed E-state index contributed by atoms with van der Waals surface area (Å²) in [6, 6.07) is 7.85. The van der Waals surface area contributed by atoms with Gasteiger partial charge in [-0.15, -0.1) is 0 Å². The van der Waals surface area contributed by atoms with Gasteiger partial charge in [0, 0.05) is 23.0 Å². The van der Waals surface area contributed by atoms with Gasteiger partial charge in [-0.05, 0) is 32.4 Å². The first-order chi connectivity index (χ1) is 8.37. The number of nitrogens with two attached hydrogens (primary N) is 1. The Morgan fingerprint density at radius 3 is 2.78 bits per heavy atom. The van der Waals surface area contributed by atoms with Crippen LogP contribution in [0.4, 0.5) is 0 Å². The molecule has 4 nitrogen and oxygen atoms in total. The SMILES string of the molecule is Cc1cccc2cc(C(=O)NCC(C)(C)N)[nH]c12. The van der Waals surface area contributed by atoms with E-state index in [2.05, 4.69) is 10.3 Å². The highest BCUT2D eigenvalue weighted by Gasteiger charge is 2.15. The van der Waals surface area contributed by atoms with E-state index in [-0.39, 0.29) is 5.91 Å². The van der Waals surface area contributed by atoms with Crippen LogP contribution in [0.3, 0.4) is 0 Å². The van der Waals surface area contributed by atoms with E-state index in [1.807, 2.05) is 45.0 Å². The highest BCUT2D eigenvalue weighted by Crippen LogP contribution is 2.18. The third-order valence-electron chi connectivity index (χ3n) is 2.81. The Morgan fingerprint density at radius 1 is 1.44 bits per heavy atom. The number of aryl methyl sites for hydroxylation is 1. The number of amides is 1. The first-order valence-corrected chi connectivity index (χ1v) is 6.02. The predicted octanol–water partition coefficient (Wildman–Crippen LogP) is 1.94. The largest absolute Gasteiger partial charge is 0.350 e. The van der Waals surface area contributed by atoms with Crippen LogP contribution in [-0.4, -0.2) is 23.0 Å². The normalized spacial score (nSPS) is 11.8. The molecule has 1 amide bonds. The number of hydrogen-bond donors (Lipinski definition) is 3. The number of carbonyl (C=O) groups is 1. The zero-order valence-corrected chi connectivity index (χ0v) is 11.0. The molecule has 18 heavy (non-hydrogen) atoms. The summed E-state index contributed by atoms with van der Waals surface area (Å²) in [5.41, 5.74) is 8.14. The lowest BCUT2D eigenvalue weighted by atomic mass is 10.1. The molecule has 0 spiro atoms. The lowest BCUT2D eigenvalue weighted by Crippen LogP contribution is -2.45. The summed E-state index contributed by atoms with van der Waals surface area (Å²) in [4.78, 5) is 15.1. The van der Waals surface area contributed by atoms with Crippen molar-refractivity contribution in [3.63, 3.8) is 0 Å². The zero-order chi connectivity index (χ0) is 13.3. The van der Waals surface area contributed by atoms with E-state index in [1.54, 1.807) is 0 Å². The van der Waals surface area contributed by atoms with Crippen molar-refractivity contribution >= 4 is 16.8 Å². The molecule has 1 heterocycles. The van der Waals surface area contributed by atoms with Crippen LogP contribution in [-0.2, 0) is 0 Å². The van der Waals surface area contributed by atoms with Crippen molar-refractivity contribution in [3.05, 3.63) is 35.5 Å². The standard InChI is InChI=1S/C14H19N3O/c1-9-5-4-6-10-7-11(17-12(9)10)13(18)16-8-14(2,3)15/h4-7,17H,8,15H2,1-3H3,(H,16,18). The van der Waals surface area contributed by atoms with Crippen LogP contribution < -0.4 is 11.1 Å². The number of hydrogen-bond acceptors (Lipinski definition) is 2. The van der Waals surface area contributed by atoms with Gasteiger partial charge in [-0.3, -0.25) is 4.79 Å². The number of benzene rings is 1. The van der Waals surface area contributed by atoms with Gasteiger partial charge in [-0.2, -0.15) is 0 Å². The van der Waals surface area contributed by atoms with Crippen LogP contribution in [0.2, 0.25) is 0 Å². The second-order valence-corrected chi connectivity index (χ2v) is 5.39. The van der Waals surface area contributed by atoms with E-state index in [4.69, 9.17) is 5.73 Å². The van der Waals surface area contributed by atoms with E-state index in [1.165, 1.54) is 0 Å². The summed E-state index contributed by atoms with van der Waals surface area (Å²) in [6.07, 6.45) is 0. The Morgan fingerprint density at radius 2 is 2.17 bits per heavy atom. The van der Waals surface area contributed by atoms with Crippen molar-refractivity contribution in [2.75, 3.05) is 6.54 Å². The van der Waals surface area contributed by atoms with Crippen molar-refractivity contribution in [3.8, 4) is 0 Å². The molecule has 0 radical (unpaired) electrons. The number of fused-ring (bicyclic) bond motifs is 1. The van der Waals surface area contributed by atoms with Crippen LogP contribution in [0.15, 0.2) is 24.3 Å². The van der Waals surface area contributed by atoms with Gasteiger partial charge < -0.3 is 16.0 Å². The summed E-state index contributed by atoms with van der Waals surface area (Å²) in [5.74, 6) is -0.121. The number of para-hydroxylation sites is 1. The fourth-order valence-corrected chi connectivity index (χ4v) is 1.83. The summed E-state index contributed by atoms with van der Waals surface area (Å²) in [5, 5.41) is 3.87. The summed E-state index contributed by atoms with van der Waals surface area (Å²) in [6.45, 7) is 6.22. The molecule has 2 aromatic rings. The van der Waals surface area contributed by atoms with E-state index in [0.717, 1.165) is 16.5 Å². The molecule has 1 aromatic carbocycles. The van der Waals surface area contributed by atoms with Crippen LogP contribution in [0.5, 0.6) is 0 Å². The smallest absolute Gasteiger partial charge is 0.267 e. The lowest BCUT2D eigenvalue weighted by Gasteiger charge is -2.18. The quantitative estimate of drug-likeness (QED) is 0.773. The fraction of sp³-hybridized carbons (Fsp3) is 0.357. The first-order valence-electron chi connectivity index (χ1n) is 6.02. The van der Waals surface area contributed by atoms with Crippen molar-refractivity contribution in [1.29, 1.82) is 0 Å². The highest BCUT2D eigenvalue weighted by atomic mass is 16.1. The van der Waals surface area contributed by atoms with Gasteiger partial charge in [-0.25, -0.2) is 0 Å². The van der Waals surface area contributed by atoms with Crippen LogP contribution in [0, 0.1) is 6.92 Å². The van der Waals surface area contributed by atoms with Gasteiger partial charge in [0.25, 0.3) is 5.91 Å². The molecule has 0 bridgehead atoms. The Hall–Kier alpha value is -1.81. The van der Waals surface area contributed by atoms with Gasteiger partial charge in [0.2, 0.25) is 0 Å². The van der Waals surface area contributed by atoms with Gasteiger partial charge in [0.1, 0.15) is 5.69 Å². The van der Waals surface area contributed by atoms with E-state index in [9.17, 15) is 4.79 Å². The molecule has 2 rings (SSSR count). The Bertz CT molecular complexity index is 578. The highest BCUT2D eigenvalue weighted by molar-refractivity contribution is 5.98. The van der Waals surface area contributed by atoms with Crippen LogP contribution >= 0.6 is 0 Å². The molecule has 4 heteroatoms. The van der Waals surface area contributed by atoms with Crippen molar-refractivity contribution in [1.82, 2.24) is 10.3 Å². The minimum absolute atomic E-state index is 0.121. The van der Waals surface area contributed by atoms with Gasteiger partial charge >= 0.3 is 0 Å². The second kappa shape index (κ2) is 4.46. The molecule has 1 aromatic heterocycles. The van der Waals surface area contributed by atoms with E-state index >= 15 is 0 Å². The molecule has 0 aliphatic rings. The Labute approximate surface area is 107 Å². The molecule has 4 N–H and O–H groups in total. The van der Waals surface area contributed by atoms with Crippen molar-refractivity contribution in [2.24, 2.45) is 5.73 Å². The lowest BCUT2D eigenvalue weighted by molar-refractivity contribution is 0.0942. The second-order valence-electron chi connectivity index (χ2n) is 5.39. The number of carbonyl (C=O) groups excluding carboxylic acids is 1. The number of aromatic amines is 1. The van der Waals surface area contributed by atoms with Crippen LogP contribution in [0.1, 0.15) is 29.9 Å². The summed E-state index contributed by atoms with van der Waals surface area (Å²) < 4.78 is 0. The number of aromatic nitrogens is 1. The van der Waals surface area contributed by atoms with Gasteiger partial charge in [0.15, 0.2) is 0 Å². The molecule has 0 atom stereocenters. The minimum Gasteiger partial charge on any atom is -0.350 e. The molecule has 0 saturated carbocycles. The van der Waals surface area contributed by atoms with Crippen molar-refractivity contribution in [2.45, 2.75) is 26.3 Å². The third kappa shape index (κ3) is 2.71. The number of rotatable bonds is 3. The summed E-state index contributed by atoms with van der Waals surface area (Å²) >= 11 is 0. The number of H-pyrrole nitrogens is 1. The average molecular weight is 245 g/mol. The molecule has 0 aliphatic heterocycles. The van der Waals surface area contributed by atoms with E-state index < -0.39 is 5.54 Å². The molecule has 0 fully saturated rings. The first kappa shape index (κ1) is 12.6. The summed E-state index contributed by atoms with van der Waals surface area (Å²) in [7, 11) is 0. The maximum absolute atomic E-state index is 12.0. The molecule has 0 aliphatic carbocycles. The minimum atomic E-state index is -0.405. The van der Waals surface area contributed by atoms with Gasteiger partial charge in [0.05, 0.1) is 0 Å². The Kier molecular flexibility index (Phi) is 3.13. The molecule has 96 valence electrons. The predicted molar refractivity (Wildman–Crippen MR) is 73.6 cm³/mol. The van der Waals surface area contributed by atoms with E-state index in [0.29, 0.717) is 12.2 Å². The fourth-order valence-electron chi connectivity index (χ4n) is 1.83. The maximum Gasteiger partial charge on any atom is 0.267 e. The Balaban J connectivity index is 2.21. The number of nitrogens with one attached hydrogen (secondary N) is 2.